The molecule has 1 heterocycles. The fraction of sp³-hybridized carbons (Fsp3) is 0.889. The molecule has 0 unspecified atom stereocenters. The number of carbonyl (C=O) groups is 1. The molecule has 0 aromatic carbocycles. The number of carboxylic acids is 1. The fourth-order valence-electron chi connectivity index (χ4n) is 1.72. The maximum Gasteiger partial charge on any atom is 0.303 e. The number of carboxylic acid groups (broad SMARTS) is 1. The summed E-state index contributed by atoms with van der Waals surface area (Å²) in [7, 11) is -1.10. The van der Waals surface area contributed by atoms with Gasteiger partial charge in [-0.1, -0.05) is 25.0 Å². The SMILES string of the molecule is C[Si]1(C)CCCN1SCCCC(=O)O. The van der Waals surface area contributed by atoms with Crippen molar-refractivity contribution in [2.75, 3.05) is 12.3 Å². The Bertz CT molecular complexity index is 211. The Morgan fingerprint density at radius 1 is 1.57 bits per heavy atom. The van der Waals surface area contributed by atoms with Crippen molar-refractivity contribution in [2.24, 2.45) is 0 Å². The van der Waals surface area contributed by atoms with Crippen LogP contribution in [0.25, 0.3) is 0 Å². The van der Waals surface area contributed by atoms with E-state index in [4.69, 9.17) is 5.11 Å². The van der Waals surface area contributed by atoms with E-state index in [9.17, 15) is 4.79 Å². The molecule has 1 N–H and O–H groups in total. The summed E-state index contributed by atoms with van der Waals surface area (Å²) in [5, 5.41) is 8.49. The lowest BCUT2D eigenvalue weighted by Crippen LogP contribution is -2.38. The van der Waals surface area contributed by atoms with Crippen LogP contribution in [0.15, 0.2) is 0 Å². The molecule has 0 atom stereocenters. The normalized spacial score (nSPS) is 21.3. The molecule has 0 aromatic heterocycles. The highest BCUT2D eigenvalue weighted by molar-refractivity contribution is 7.98. The van der Waals surface area contributed by atoms with E-state index in [0.29, 0.717) is 6.42 Å². The zero-order valence-corrected chi connectivity index (χ0v) is 10.8. The van der Waals surface area contributed by atoms with E-state index in [1.807, 2.05) is 11.9 Å². The molecule has 0 amide bonds. The molecular formula is C9H19NO2SSi. The summed E-state index contributed by atoms with van der Waals surface area (Å²) in [4.78, 5) is 10.3. The monoisotopic (exact) mass is 233 g/mol. The molecule has 0 spiro atoms. The van der Waals surface area contributed by atoms with Gasteiger partial charge in [-0.3, -0.25) is 8.77 Å². The van der Waals surface area contributed by atoms with Gasteiger partial charge in [-0.15, -0.1) is 0 Å². The number of aliphatic carboxylic acids is 1. The lowest BCUT2D eigenvalue weighted by molar-refractivity contribution is -0.137. The van der Waals surface area contributed by atoms with E-state index >= 15 is 0 Å². The molecule has 0 aromatic rings. The molecule has 1 aliphatic rings. The summed E-state index contributed by atoms with van der Waals surface area (Å²) in [6, 6.07) is 1.39. The lowest BCUT2D eigenvalue weighted by atomic mass is 10.3. The van der Waals surface area contributed by atoms with Crippen molar-refractivity contribution in [1.29, 1.82) is 0 Å². The van der Waals surface area contributed by atoms with Crippen LogP contribution in [-0.2, 0) is 4.79 Å². The first kappa shape index (κ1) is 12.1. The van der Waals surface area contributed by atoms with Gasteiger partial charge in [0.25, 0.3) is 0 Å². The van der Waals surface area contributed by atoms with Crippen LogP contribution in [0.3, 0.4) is 0 Å². The molecule has 0 saturated carbocycles. The first-order valence-corrected chi connectivity index (χ1v) is 9.24. The van der Waals surface area contributed by atoms with Crippen LogP contribution < -0.4 is 0 Å². The molecule has 1 fully saturated rings. The van der Waals surface area contributed by atoms with Crippen LogP contribution in [0.5, 0.6) is 0 Å². The maximum absolute atomic E-state index is 10.3. The Morgan fingerprint density at radius 3 is 2.79 bits per heavy atom. The fourth-order valence-corrected chi connectivity index (χ4v) is 6.45. The van der Waals surface area contributed by atoms with Crippen molar-refractivity contribution >= 4 is 26.2 Å². The van der Waals surface area contributed by atoms with Gasteiger partial charge in [0.2, 0.25) is 0 Å². The summed E-state index contributed by atoms with van der Waals surface area (Å²) in [6.45, 7) is 5.99. The summed E-state index contributed by atoms with van der Waals surface area (Å²) < 4.78 is 2.54. The van der Waals surface area contributed by atoms with E-state index in [0.717, 1.165) is 12.2 Å². The largest absolute Gasteiger partial charge is 0.481 e. The molecule has 0 aliphatic carbocycles. The summed E-state index contributed by atoms with van der Waals surface area (Å²) in [5.74, 6) is 0.284. The van der Waals surface area contributed by atoms with Gasteiger partial charge in [0, 0.05) is 18.7 Å². The average molecular weight is 233 g/mol. The van der Waals surface area contributed by atoms with Crippen molar-refractivity contribution in [3.05, 3.63) is 0 Å². The topological polar surface area (TPSA) is 40.5 Å². The predicted octanol–water partition coefficient (Wildman–Crippen LogP) is 2.41. The smallest absolute Gasteiger partial charge is 0.303 e. The van der Waals surface area contributed by atoms with Gasteiger partial charge in [-0.2, -0.15) is 0 Å². The summed E-state index contributed by atoms with van der Waals surface area (Å²) in [5.41, 5.74) is 0. The highest BCUT2D eigenvalue weighted by Crippen LogP contribution is 2.32. The Labute approximate surface area is 91.1 Å². The van der Waals surface area contributed by atoms with Gasteiger partial charge in [0.15, 0.2) is 0 Å². The van der Waals surface area contributed by atoms with Crippen molar-refractivity contribution in [1.82, 2.24) is 3.97 Å². The third-order valence-corrected chi connectivity index (χ3v) is 8.59. The molecule has 5 heteroatoms. The maximum atomic E-state index is 10.3. The van der Waals surface area contributed by atoms with Gasteiger partial charge in [-0.25, -0.2) is 0 Å². The summed E-state index contributed by atoms with van der Waals surface area (Å²) in [6.07, 6.45) is 2.43. The van der Waals surface area contributed by atoms with Crippen molar-refractivity contribution in [3.8, 4) is 0 Å². The van der Waals surface area contributed by atoms with Crippen LogP contribution in [0, 0.1) is 0 Å². The van der Waals surface area contributed by atoms with Gasteiger partial charge in [-0.05, 0) is 18.9 Å². The number of hydrogen-bond acceptors (Lipinski definition) is 3. The van der Waals surface area contributed by atoms with E-state index in [2.05, 4.69) is 17.1 Å². The Balaban J connectivity index is 2.15. The van der Waals surface area contributed by atoms with Crippen molar-refractivity contribution in [3.63, 3.8) is 0 Å². The Kier molecular flexibility index (Phi) is 4.47. The minimum absolute atomic E-state index is 0.308. The van der Waals surface area contributed by atoms with E-state index < -0.39 is 14.2 Å². The van der Waals surface area contributed by atoms with Gasteiger partial charge >= 0.3 is 5.97 Å². The number of rotatable bonds is 5. The lowest BCUT2D eigenvalue weighted by Gasteiger charge is -2.28. The van der Waals surface area contributed by atoms with E-state index in [1.54, 1.807) is 0 Å². The zero-order chi connectivity index (χ0) is 10.6. The molecule has 14 heavy (non-hydrogen) atoms. The van der Waals surface area contributed by atoms with Gasteiger partial charge in [0.1, 0.15) is 8.24 Å². The second-order valence-electron chi connectivity index (χ2n) is 4.35. The van der Waals surface area contributed by atoms with Crippen LogP contribution in [0.2, 0.25) is 19.1 Å². The van der Waals surface area contributed by atoms with Crippen LogP contribution in [0.4, 0.5) is 0 Å². The summed E-state index contributed by atoms with van der Waals surface area (Å²) >= 11 is 1.86. The van der Waals surface area contributed by atoms with Crippen LogP contribution in [-0.4, -0.2) is 35.6 Å². The second kappa shape index (κ2) is 5.18. The predicted molar refractivity (Wildman–Crippen MR) is 62.9 cm³/mol. The Hall–Kier alpha value is -0.00312. The number of hydrogen-bond donors (Lipinski definition) is 1. The molecule has 1 rings (SSSR count). The minimum atomic E-state index is -1.10. The van der Waals surface area contributed by atoms with Gasteiger partial charge in [0.05, 0.1) is 0 Å². The second-order valence-corrected chi connectivity index (χ2v) is 10.4. The van der Waals surface area contributed by atoms with E-state index in [1.165, 1.54) is 19.0 Å². The third kappa shape index (κ3) is 3.63. The highest BCUT2D eigenvalue weighted by Gasteiger charge is 2.34. The zero-order valence-electron chi connectivity index (χ0n) is 8.95. The van der Waals surface area contributed by atoms with Crippen LogP contribution in [0.1, 0.15) is 19.3 Å². The van der Waals surface area contributed by atoms with Crippen molar-refractivity contribution in [2.45, 2.75) is 38.4 Å². The average Bonchev–Trinajstić information content (AvgIpc) is 2.39. The first-order valence-electron chi connectivity index (χ1n) is 5.15. The molecular weight excluding hydrogens is 214 g/mol. The quantitative estimate of drug-likeness (QED) is 0.450. The third-order valence-electron chi connectivity index (χ3n) is 2.61. The minimum Gasteiger partial charge on any atom is -0.481 e. The van der Waals surface area contributed by atoms with Gasteiger partial charge < -0.3 is 5.11 Å². The van der Waals surface area contributed by atoms with Crippen LogP contribution >= 0.6 is 11.9 Å². The first-order chi connectivity index (χ1) is 6.52. The molecule has 1 saturated heterocycles. The standard InChI is InChI=1S/C9H19NO2SSi/c1-14(2)8-4-6-10(14)13-7-3-5-9(11)12/h3-8H2,1-2H3,(H,11,12). The molecule has 82 valence electrons. The Morgan fingerprint density at radius 2 is 2.29 bits per heavy atom. The number of nitrogens with zero attached hydrogens (tertiary/aromatic N) is 1. The molecule has 0 radical (unpaired) electrons. The molecule has 0 bridgehead atoms. The van der Waals surface area contributed by atoms with E-state index in [-0.39, 0.29) is 0 Å². The molecule has 1 aliphatic heterocycles. The highest BCUT2D eigenvalue weighted by atomic mass is 32.2. The van der Waals surface area contributed by atoms with Crippen molar-refractivity contribution < 1.29 is 9.90 Å². The molecule has 3 nitrogen and oxygen atoms in total.